The molecule has 2 heterocycles. The number of hydrogen-bond acceptors (Lipinski definition) is 3. The molecule has 124 valence electrons. The molecule has 2 bridgehead atoms. The minimum atomic E-state index is -0.715. The second kappa shape index (κ2) is 6.75. The van der Waals surface area contributed by atoms with Crippen molar-refractivity contribution in [1.82, 2.24) is 4.90 Å². The molecule has 1 amide bonds. The summed E-state index contributed by atoms with van der Waals surface area (Å²) in [6.07, 6.45) is 6.36. The molecule has 4 nitrogen and oxygen atoms in total. The van der Waals surface area contributed by atoms with Crippen LogP contribution >= 0.6 is 0 Å². The average Bonchev–Trinajstić information content (AvgIpc) is 2.53. The van der Waals surface area contributed by atoms with Gasteiger partial charge in [-0.1, -0.05) is 36.4 Å². The van der Waals surface area contributed by atoms with Gasteiger partial charge in [-0.2, -0.15) is 0 Å². The third kappa shape index (κ3) is 3.58. The van der Waals surface area contributed by atoms with Crippen LogP contribution in [0.15, 0.2) is 43.0 Å². The van der Waals surface area contributed by atoms with Gasteiger partial charge in [0.05, 0.1) is 5.60 Å². The Morgan fingerprint density at radius 3 is 2.57 bits per heavy atom. The van der Waals surface area contributed by atoms with Crippen LogP contribution in [0.2, 0.25) is 0 Å². The molecule has 2 aliphatic rings. The quantitative estimate of drug-likeness (QED) is 0.863. The first kappa shape index (κ1) is 16.1. The molecule has 1 N–H and O–H groups in total. The lowest BCUT2D eigenvalue weighted by Crippen LogP contribution is -2.59. The van der Waals surface area contributed by atoms with Gasteiger partial charge in [-0.05, 0) is 44.1 Å². The Kier molecular flexibility index (Phi) is 4.71. The Hall–Kier alpha value is -1.81. The van der Waals surface area contributed by atoms with Crippen LogP contribution in [0.3, 0.4) is 0 Å². The summed E-state index contributed by atoms with van der Waals surface area (Å²) < 4.78 is 5.52. The van der Waals surface area contributed by atoms with Gasteiger partial charge in [-0.25, -0.2) is 4.79 Å². The second-order valence-electron chi connectivity index (χ2n) is 6.81. The minimum Gasteiger partial charge on any atom is -0.445 e. The summed E-state index contributed by atoms with van der Waals surface area (Å²) in [4.78, 5) is 14.4. The molecule has 23 heavy (non-hydrogen) atoms. The van der Waals surface area contributed by atoms with Crippen LogP contribution in [0.1, 0.15) is 44.1 Å². The van der Waals surface area contributed by atoms with E-state index in [1.54, 1.807) is 6.08 Å². The zero-order valence-electron chi connectivity index (χ0n) is 13.5. The lowest BCUT2D eigenvalue weighted by atomic mass is 9.74. The van der Waals surface area contributed by atoms with Gasteiger partial charge in [-0.3, -0.25) is 0 Å². The van der Waals surface area contributed by atoms with Crippen LogP contribution in [-0.2, 0) is 11.3 Å². The number of aliphatic hydroxyl groups is 1. The summed E-state index contributed by atoms with van der Waals surface area (Å²) in [5.74, 6) is 0. The van der Waals surface area contributed by atoms with Gasteiger partial charge in [-0.15, -0.1) is 6.58 Å². The summed E-state index contributed by atoms with van der Waals surface area (Å²) in [6.45, 7) is 4.04. The number of carbonyl (C=O) groups is 1. The topological polar surface area (TPSA) is 49.8 Å². The third-order valence-corrected chi connectivity index (χ3v) is 5.03. The van der Waals surface area contributed by atoms with E-state index in [1.165, 1.54) is 0 Å². The molecule has 1 unspecified atom stereocenters. The molecule has 4 heteroatoms. The monoisotopic (exact) mass is 315 g/mol. The first-order valence-electron chi connectivity index (χ1n) is 8.43. The molecule has 3 atom stereocenters. The Morgan fingerprint density at radius 1 is 1.30 bits per heavy atom. The lowest BCUT2D eigenvalue weighted by Gasteiger charge is -2.51. The first-order chi connectivity index (χ1) is 11.1. The fourth-order valence-corrected chi connectivity index (χ4v) is 4.05. The van der Waals surface area contributed by atoms with Crippen molar-refractivity contribution in [3.8, 4) is 0 Å². The van der Waals surface area contributed by atoms with E-state index in [1.807, 2.05) is 35.2 Å². The van der Waals surface area contributed by atoms with E-state index in [0.717, 1.165) is 24.8 Å². The van der Waals surface area contributed by atoms with E-state index >= 15 is 0 Å². The van der Waals surface area contributed by atoms with Gasteiger partial charge in [0, 0.05) is 12.1 Å². The van der Waals surface area contributed by atoms with Gasteiger partial charge in [0.15, 0.2) is 0 Å². The molecule has 0 aromatic heterocycles. The van der Waals surface area contributed by atoms with Gasteiger partial charge in [0.2, 0.25) is 0 Å². The molecule has 2 saturated heterocycles. The fraction of sp³-hybridized carbons (Fsp3) is 0.526. The number of rotatable bonds is 4. The molecule has 1 aromatic rings. The van der Waals surface area contributed by atoms with Crippen molar-refractivity contribution in [1.29, 1.82) is 0 Å². The number of nitrogens with zero attached hydrogens (tertiary/aromatic N) is 1. The van der Waals surface area contributed by atoms with Crippen molar-refractivity contribution in [2.45, 2.75) is 62.8 Å². The number of fused-ring (bicyclic) bond motifs is 2. The first-order valence-corrected chi connectivity index (χ1v) is 8.43. The summed E-state index contributed by atoms with van der Waals surface area (Å²) in [7, 11) is 0. The number of piperidine rings is 2. The highest BCUT2D eigenvalue weighted by Gasteiger charge is 2.47. The van der Waals surface area contributed by atoms with E-state index in [4.69, 9.17) is 4.74 Å². The van der Waals surface area contributed by atoms with Gasteiger partial charge in [0.1, 0.15) is 6.61 Å². The standard InChI is InChI=1S/C19H25NO3/c1-2-11-19(22)12-16-9-6-10-17(13-19)20(16)18(21)23-14-15-7-4-3-5-8-15/h2-5,7-8,16-17,22H,1,6,9-14H2/t16-,17+,19?. The maximum Gasteiger partial charge on any atom is 0.410 e. The zero-order chi connectivity index (χ0) is 16.3. The Bertz CT molecular complexity index is 543. The van der Waals surface area contributed by atoms with E-state index in [2.05, 4.69) is 6.58 Å². The Labute approximate surface area is 137 Å². The van der Waals surface area contributed by atoms with E-state index in [0.29, 0.717) is 25.9 Å². The van der Waals surface area contributed by atoms with Crippen molar-refractivity contribution in [2.75, 3.05) is 0 Å². The van der Waals surface area contributed by atoms with E-state index < -0.39 is 5.60 Å². The van der Waals surface area contributed by atoms with E-state index in [-0.39, 0.29) is 18.2 Å². The fourth-order valence-electron chi connectivity index (χ4n) is 4.05. The smallest absolute Gasteiger partial charge is 0.410 e. The van der Waals surface area contributed by atoms with Crippen LogP contribution in [-0.4, -0.2) is 33.8 Å². The SMILES string of the molecule is C=CCC1(O)C[C@H]2CCC[C@@H](C1)N2C(=O)OCc1ccccc1. The molecule has 3 rings (SSSR count). The molecule has 2 fully saturated rings. The number of hydrogen-bond donors (Lipinski definition) is 1. The van der Waals surface area contributed by atoms with Gasteiger partial charge < -0.3 is 14.7 Å². The summed E-state index contributed by atoms with van der Waals surface area (Å²) in [5, 5.41) is 10.7. The molecule has 0 aliphatic carbocycles. The molecule has 2 aliphatic heterocycles. The van der Waals surface area contributed by atoms with Crippen molar-refractivity contribution >= 4 is 6.09 Å². The minimum absolute atomic E-state index is 0.0794. The molecular formula is C19H25NO3. The normalized spacial score (nSPS) is 29.9. The highest BCUT2D eigenvalue weighted by atomic mass is 16.6. The maximum absolute atomic E-state index is 12.6. The van der Waals surface area contributed by atoms with Gasteiger partial charge >= 0.3 is 6.09 Å². The number of amides is 1. The highest BCUT2D eigenvalue weighted by molar-refractivity contribution is 5.69. The zero-order valence-corrected chi connectivity index (χ0v) is 13.5. The average molecular weight is 315 g/mol. The molecule has 1 aromatic carbocycles. The number of ether oxygens (including phenoxy) is 1. The second-order valence-corrected chi connectivity index (χ2v) is 6.81. The van der Waals surface area contributed by atoms with Gasteiger partial charge in [0.25, 0.3) is 0 Å². The Morgan fingerprint density at radius 2 is 1.96 bits per heavy atom. The van der Waals surface area contributed by atoms with Crippen molar-refractivity contribution in [3.63, 3.8) is 0 Å². The summed E-state index contributed by atoms with van der Waals surface area (Å²) in [5.41, 5.74) is 0.277. The van der Waals surface area contributed by atoms with Crippen LogP contribution in [0, 0.1) is 0 Å². The van der Waals surface area contributed by atoms with Crippen LogP contribution in [0.4, 0.5) is 4.79 Å². The van der Waals surface area contributed by atoms with Crippen molar-refractivity contribution in [2.24, 2.45) is 0 Å². The number of carbonyl (C=O) groups excluding carboxylic acids is 1. The van der Waals surface area contributed by atoms with Crippen molar-refractivity contribution < 1.29 is 14.6 Å². The molecular weight excluding hydrogens is 290 g/mol. The summed E-state index contributed by atoms with van der Waals surface area (Å²) in [6, 6.07) is 9.88. The van der Waals surface area contributed by atoms with E-state index in [9.17, 15) is 9.90 Å². The lowest BCUT2D eigenvalue weighted by molar-refractivity contribution is -0.0832. The molecule has 0 saturated carbocycles. The van der Waals surface area contributed by atoms with Crippen LogP contribution < -0.4 is 0 Å². The summed E-state index contributed by atoms with van der Waals surface area (Å²) >= 11 is 0. The van der Waals surface area contributed by atoms with Crippen LogP contribution in [0.5, 0.6) is 0 Å². The predicted octanol–water partition coefficient (Wildman–Crippen LogP) is 3.65. The largest absolute Gasteiger partial charge is 0.445 e. The number of benzene rings is 1. The van der Waals surface area contributed by atoms with Crippen LogP contribution in [0.25, 0.3) is 0 Å². The molecule has 0 radical (unpaired) electrons. The predicted molar refractivity (Wildman–Crippen MR) is 88.9 cm³/mol. The molecule has 0 spiro atoms. The third-order valence-electron chi connectivity index (χ3n) is 5.03. The Balaban J connectivity index is 1.65. The van der Waals surface area contributed by atoms with Crippen molar-refractivity contribution in [3.05, 3.63) is 48.6 Å². The maximum atomic E-state index is 12.6. The highest BCUT2D eigenvalue weighted by Crippen LogP contribution is 2.41.